The molecule has 0 heterocycles. The van der Waals surface area contributed by atoms with Gasteiger partial charge in [0.25, 0.3) is 0 Å². The Kier molecular flexibility index (Phi) is 51.9. The van der Waals surface area contributed by atoms with Gasteiger partial charge in [-0.1, -0.05) is 241 Å². The molecular formula is C60H104O6. The molecule has 380 valence electrons. The fraction of sp³-hybridized carbons (Fsp3) is 0.750. The van der Waals surface area contributed by atoms with E-state index in [0.29, 0.717) is 19.3 Å². The quantitative estimate of drug-likeness (QED) is 0.0262. The molecule has 0 fully saturated rings. The van der Waals surface area contributed by atoms with Gasteiger partial charge in [0, 0.05) is 19.3 Å². The third-order valence-corrected chi connectivity index (χ3v) is 11.9. The Labute approximate surface area is 408 Å². The van der Waals surface area contributed by atoms with E-state index in [1.807, 2.05) is 0 Å². The summed E-state index contributed by atoms with van der Waals surface area (Å²) in [7, 11) is 0. The highest BCUT2D eigenvalue weighted by Crippen LogP contribution is 2.16. The molecule has 0 saturated heterocycles. The lowest BCUT2D eigenvalue weighted by molar-refractivity contribution is -0.167. The van der Waals surface area contributed by atoms with E-state index in [1.165, 1.54) is 141 Å². The highest BCUT2D eigenvalue weighted by Gasteiger charge is 2.19. The van der Waals surface area contributed by atoms with Crippen LogP contribution in [0.25, 0.3) is 0 Å². The molecule has 6 nitrogen and oxygen atoms in total. The second-order valence-corrected chi connectivity index (χ2v) is 18.5. The van der Waals surface area contributed by atoms with Crippen LogP contribution in [0, 0.1) is 0 Å². The molecule has 0 bridgehead atoms. The highest BCUT2D eigenvalue weighted by atomic mass is 16.6. The van der Waals surface area contributed by atoms with Gasteiger partial charge in [0.05, 0.1) is 0 Å². The molecule has 0 N–H and O–H groups in total. The van der Waals surface area contributed by atoms with Crippen molar-refractivity contribution in [2.75, 3.05) is 13.2 Å². The summed E-state index contributed by atoms with van der Waals surface area (Å²) in [6.07, 6.45) is 68.9. The Morgan fingerprint density at radius 2 is 0.606 bits per heavy atom. The molecule has 0 saturated carbocycles. The van der Waals surface area contributed by atoms with Gasteiger partial charge in [0.1, 0.15) is 13.2 Å². The first-order valence-corrected chi connectivity index (χ1v) is 27.9. The Bertz CT molecular complexity index is 1240. The molecule has 0 aliphatic carbocycles. The van der Waals surface area contributed by atoms with Crippen LogP contribution in [0.1, 0.15) is 271 Å². The van der Waals surface area contributed by atoms with E-state index >= 15 is 0 Å². The fourth-order valence-corrected chi connectivity index (χ4v) is 7.77. The first kappa shape index (κ1) is 62.8. The lowest BCUT2D eigenvalue weighted by Crippen LogP contribution is -2.30. The number of carbonyl (C=O) groups is 3. The van der Waals surface area contributed by atoms with Gasteiger partial charge in [-0.25, -0.2) is 0 Å². The number of ether oxygens (including phenoxy) is 3. The van der Waals surface area contributed by atoms with Crippen molar-refractivity contribution in [3.63, 3.8) is 0 Å². The number of unbranched alkanes of at least 4 members (excludes halogenated alkanes) is 27. The molecule has 0 aromatic carbocycles. The lowest BCUT2D eigenvalue weighted by atomic mass is 10.0. The van der Waals surface area contributed by atoms with E-state index in [0.717, 1.165) is 83.5 Å². The van der Waals surface area contributed by atoms with Crippen molar-refractivity contribution >= 4 is 17.9 Å². The van der Waals surface area contributed by atoms with E-state index in [4.69, 9.17) is 14.2 Å². The Hall–Kier alpha value is -3.15. The zero-order chi connectivity index (χ0) is 47.9. The van der Waals surface area contributed by atoms with E-state index in [1.54, 1.807) is 0 Å². The monoisotopic (exact) mass is 921 g/mol. The highest BCUT2D eigenvalue weighted by molar-refractivity contribution is 5.71. The van der Waals surface area contributed by atoms with Crippen LogP contribution in [0.2, 0.25) is 0 Å². The van der Waals surface area contributed by atoms with Crippen LogP contribution in [0.3, 0.4) is 0 Å². The summed E-state index contributed by atoms with van der Waals surface area (Å²) in [5.41, 5.74) is 0. The maximum Gasteiger partial charge on any atom is 0.306 e. The number of carbonyl (C=O) groups excluding carboxylic acids is 3. The standard InChI is InChI=1S/C60H104O6/c1-4-7-10-13-16-19-22-25-28-30-32-35-38-41-44-47-50-53-59(62)65-56-57(55-64-58(61)52-49-46-43-40-37-34-27-24-21-18-15-12-9-6-3)66-60(63)54-51-48-45-42-39-36-33-31-29-26-23-20-17-14-11-8-5-2/h7,10,16,19,24-25,27-28,32,35,41,44,57H,4-6,8-9,11-15,17-18,20-23,26,29-31,33-34,36-40,42-43,45-56H2,1-3H3/b10-7+,19-16+,27-24+,28-25+,35-32+,44-41+/t57-/m1/s1. The molecule has 66 heavy (non-hydrogen) atoms. The summed E-state index contributed by atoms with van der Waals surface area (Å²) in [6.45, 7) is 6.48. The number of allylic oxidation sites excluding steroid dienone is 12. The Balaban J connectivity index is 4.46. The van der Waals surface area contributed by atoms with Gasteiger partial charge in [-0.05, 0) is 83.5 Å². The van der Waals surface area contributed by atoms with Gasteiger partial charge in [0.2, 0.25) is 0 Å². The molecule has 0 aliphatic heterocycles. The van der Waals surface area contributed by atoms with Gasteiger partial charge in [-0.2, -0.15) is 0 Å². The number of hydrogen-bond donors (Lipinski definition) is 0. The third-order valence-electron chi connectivity index (χ3n) is 11.9. The maximum absolute atomic E-state index is 12.8. The molecule has 0 spiro atoms. The predicted octanol–water partition coefficient (Wildman–Crippen LogP) is 18.6. The molecular weight excluding hydrogens is 817 g/mol. The molecule has 0 rings (SSSR count). The fourth-order valence-electron chi connectivity index (χ4n) is 7.77. The number of esters is 3. The minimum atomic E-state index is -0.799. The zero-order valence-corrected chi connectivity index (χ0v) is 43.4. The molecule has 6 heteroatoms. The maximum atomic E-state index is 12.8. The van der Waals surface area contributed by atoms with Gasteiger partial charge >= 0.3 is 17.9 Å². The van der Waals surface area contributed by atoms with Crippen molar-refractivity contribution in [1.29, 1.82) is 0 Å². The molecule has 1 atom stereocenters. The molecule has 0 aromatic heterocycles. The molecule has 0 radical (unpaired) electrons. The minimum absolute atomic E-state index is 0.0954. The average molecular weight is 921 g/mol. The van der Waals surface area contributed by atoms with E-state index in [-0.39, 0.29) is 37.5 Å². The second kappa shape index (κ2) is 54.5. The molecule has 0 aromatic rings. The topological polar surface area (TPSA) is 78.9 Å². The number of rotatable bonds is 50. The largest absolute Gasteiger partial charge is 0.462 e. The molecule has 0 unspecified atom stereocenters. The van der Waals surface area contributed by atoms with Crippen LogP contribution < -0.4 is 0 Å². The van der Waals surface area contributed by atoms with Crippen LogP contribution in [0.4, 0.5) is 0 Å². The van der Waals surface area contributed by atoms with Gasteiger partial charge in [0.15, 0.2) is 6.10 Å². The molecule has 0 amide bonds. The summed E-state index contributed by atoms with van der Waals surface area (Å²) < 4.78 is 16.8. The van der Waals surface area contributed by atoms with Crippen molar-refractivity contribution in [1.82, 2.24) is 0 Å². The first-order valence-electron chi connectivity index (χ1n) is 27.9. The van der Waals surface area contributed by atoms with Crippen LogP contribution in [0.5, 0.6) is 0 Å². The summed E-state index contributed by atoms with van der Waals surface area (Å²) in [4.78, 5) is 38.1. The van der Waals surface area contributed by atoms with E-state index in [2.05, 4.69) is 93.7 Å². The van der Waals surface area contributed by atoms with Crippen molar-refractivity contribution in [3.8, 4) is 0 Å². The molecule has 0 aliphatic rings. The van der Waals surface area contributed by atoms with Gasteiger partial charge < -0.3 is 14.2 Å². The van der Waals surface area contributed by atoms with Crippen LogP contribution in [-0.2, 0) is 28.6 Å². The van der Waals surface area contributed by atoms with Gasteiger partial charge in [-0.3, -0.25) is 14.4 Å². The van der Waals surface area contributed by atoms with Crippen molar-refractivity contribution in [2.24, 2.45) is 0 Å². The van der Waals surface area contributed by atoms with Crippen molar-refractivity contribution < 1.29 is 28.6 Å². The average Bonchev–Trinajstić information content (AvgIpc) is 3.31. The van der Waals surface area contributed by atoms with Crippen LogP contribution >= 0.6 is 0 Å². The van der Waals surface area contributed by atoms with Crippen LogP contribution in [0.15, 0.2) is 72.9 Å². The second-order valence-electron chi connectivity index (χ2n) is 18.5. The SMILES string of the molecule is CC/C=C/C/C=C/C/C=C/C/C=C/C/C=C/CCCC(=O)OC[C@@H](COC(=O)CCCCCCC/C=C/CCCCCCC)OC(=O)CCCCCCCCCCCCCCCCCCC. The van der Waals surface area contributed by atoms with E-state index < -0.39 is 6.10 Å². The number of hydrogen-bond acceptors (Lipinski definition) is 6. The Morgan fingerprint density at radius 3 is 1.00 bits per heavy atom. The van der Waals surface area contributed by atoms with Crippen LogP contribution in [-0.4, -0.2) is 37.2 Å². The minimum Gasteiger partial charge on any atom is -0.462 e. The summed E-state index contributed by atoms with van der Waals surface area (Å²) in [5.74, 6) is -0.955. The van der Waals surface area contributed by atoms with Crippen molar-refractivity contribution in [3.05, 3.63) is 72.9 Å². The lowest BCUT2D eigenvalue weighted by Gasteiger charge is -2.18. The first-order chi connectivity index (χ1) is 32.5. The summed E-state index contributed by atoms with van der Waals surface area (Å²) in [5, 5.41) is 0. The smallest absolute Gasteiger partial charge is 0.306 e. The third kappa shape index (κ3) is 51.8. The van der Waals surface area contributed by atoms with Gasteiger partial charge in [-0.15, -0.1) is 0 Å². The normalized spacial score (nSPS) is 12.6. The zero-order valence-electron chi connectivity index (χ0n) is 43.4. The predicted molar refractivity (Wildman–Crippen MR) is 284 cm³/mol. The summed E-state index contributed by atoms with van der Waals surface area (Å²) in [6, 6.07) is 0. The Morgan fingerprint density at radius 1 is 0.318 bits per heavy atom. The van der Waals surface area contributed by atoms with E-state index in [9.17, 15) is 14.4 Å². The summed E-state index contributed by atoms with van der Waals surface area (Å²) >= 11 is 0. The van der Waals surface area contributed by atoms with Crippen molar-refractivity contribution in [2.45, 2.75) is 277 Å².